The van der Waals surface area contributed by atoms with Crippen molar-refractivity contribution in [3.05, 3.63) is 11.6 Å². The molecular weight excluding hydrogens is 262 g/mol. The fraction of sp³-hybridized carbons (Fsp3) is 0.714. The number of rotatable bonds is 3. The molecule has 0 aromatic carbocycles. The SMILES string of the molecule is CCOC(=O)C1=C[C@H]2O[C@H]2[C@@H](NC(=O)OC(C)(C)C)C1. The van der Waals surface area contributed by atoms with E-state index in [0.29, 0.717) is 18.6 Å². The van der Waals surface area contributed by atoms with E-state index in [1.807, 2.05) is 0 Å². The summed E-state index contributed by atoms with van der Waals surface area (Å²) in [5.41, 5.74) is -0.00537. The van der Waals surface area contributed by atoms with E-state index < -0.39 is 11.7 Å². The Kier molecular flexibility index (Phi) is 4.04. The number of ether oxygens (including phenoxy) is 3. The van der Waals surface area contributed by atoms with Crippen molar-refractivity contribution in [1.29, 1.82) is 0 Å². The molecular formula is C14H21NO5. The van der Waals surface area contributed by atoms with Gasteiger partial charge in [0.05, 0.1) is 12.6 Å². The molecule has 20 heavy (non-hydrogen) atoms. The summed E-state index contributed by atoms with van der Waals surface area (Å²) < 4.78 is 15.6. The molecule has 1 saturated heterocycles. The Morgan fingerprint density at radius 2 is 2.15 bits per heavy atom. The van der Waals surface area contributed by atoms with Gasteiger partial charge in [0.25, 0.3) is 0 Å². The summed E-state index contributed by atoms with van der Waals surface area (Å²) in [6.45, 7) is 7.49. The summed E-state index contributed by atoms with van der Waals surface area (Å²) in [6.07, 6.45) is 1.50. The van der Waals surface area contributed by atoms with Crippen LogP contribution in [0.4, 0.5) is 4.79 Å². The van der Waals surface area contributed by atoms with Gasteiger partial charge in [0.2, 0.25) is 0 Å². The molecule has 0 spiro atoms. The molecule has 1 aliphatic heterocycles. The predicted octanol–water partition coefficient (Wildman–Crippen LogP) is 1.54. The van der Waals surface area contributed by atoms with E-state index in [4.69, 9.17) is 14.2 Å². The molecule has 0 aromatic heterocycles. The van der Waals surface area contributed by atoms with E-state index >= 15 is 0 Å². The van der Waals surface area contributed by atoms with Gasteiger partial charge < -0.3 is 19.5 Å². The highest BCUT2D eigenvalue weighted by atomic mass is 16.6. The highest BCUT2D eigenvalue weighted by molar-refractivity contribution is 5.89. The van der Waals surface area contributed by atoms with Crippen LogP contribution in [0.1, 0.15) is 34.1 Å². The second-order valence-electron chi connectivity index (χ2n) is 5.93. The first kappa shape index (κ1) is 14.8. The lowest BCUT2D eigenvalue weighted by Gasteiger charge is -2.24. The van der Waals surface area contributed by atoms with Crippen molar-refractivity contribution in [1.82, 2.24) is 5.32 Å². The average molecular weight is 283 g/mol. The van der Waals surface area contributed by atoms with Crippen LogP contribution in [0.25, 0.3) is 0 Å². The van der Waals surface area contributed by atoms with Gasteiger partial charge in [-0.15, -0.1) is 0 Å². The van der Waals surface area contributed by atoms with Crippen LogP contribution in [0.2, 0.25) is 0 Å². The van der Waals surface area contributed by atoms with Crippen LogP contribution < -0.4 is 5.32 Å². The third kappa shape index (κ3) is 3.72. The van der Waals surface area contributed by atoms with Crippen molar-refractivity contribution in [2.45, 2.75) is 58.0 Å². The fourth-order valence-electron chi connectivity index (χ4n) is 2.18. The standard InChI is InChI=1S/C14H21NO5/c1-5-18-12(16)8-6-9(11-10(7-8)19-11)15-13(17)20-14(2,3)4/h7,9-11H,5-6H2,1-4H3,(H,15,17)/t9-,10+,11-/m0/s1. The van der Waals surface area contributed by atoms with Crippen LogP contribution in [-0.4, -0.2) is 42.5 Å². The molecule has 2 rings (SSSR count). The van der Waals surface area contributed by atoms with Crippen molar-refractivity contribution in [3.63, 3.8) is 0 Å². The van der Waals surface area contributed by atoms with Crippen LogP contribution in [0, 0.1) is 0 Å². The summed E-state index contributed by atoms with van der Waals surface area (Å²) >= 11 is 0. The smallest absolute Gasteiger partial charge is 0.407 e. The third-order valence-corrected chi connectivity index (χ3v) is 3.00. The zero-order valence-corrected chi connectivity index (χ0v) is 12.3. The molecule has 6 heteroatoms. The molecule has 112 valence electrons. The summed E-state index contributed by atoms with van der Waals surface area (Å²) in [6, 6.07) is -0.251. The molecule has 0 unspecified atom stereocenters. The average Bonchev–Trinajstić information content (AvgIpc) is 3.05. The quantitative estimate of drug-likeness (QED) is 0.628. The normalized spacial score (nSPS) is 28.0. The van der Waals surface area contributed by atoms with Crippen LogP contribution in [0.5, 0.6) is 0 Å². The van der Waals surface area contributed by atoms with E-state index in [2.05, 4.69) is 5.32 Å². The highest BCUT2D eigenvalue weighted by Crippen LogP contribution is 2.36. The number of carbonyl (C=O) groups is 2. The van der Waals surface area contributed by atoms with Gasteiger partial charge in [-0.05, 0) is 33.8 Å². The first-order valence-corrected chi connectivity index (χ1v) is 6.83. The molecule has 1 amide bonds. The fourth-order valence-corrected chi connectivity index (χ4v) is 2.18. The summed E-state index contributed by atoms with van der Waals surface area (Å²) in [4.78, 5) is 23.5. The van der Waals surface area contributed by atoms with Crippen molar-refractivity contribution < 1.29 is 23.8 Å². The predicted molar refractivity (Wildman–Crippen MR) is 71.2 cm³/mol. The zero-order chi connectivity index (χ0) is 14.9. The van der Waals surface area contributed by atoms with Gasteiger partial charge >= 0.3 is 12.1 Å². The molecule has 0 bridgehead atoms. The number of nitrogens with one attached hydrogen (secondary N) is 1. The summed E-state index contributed by atoms with van der Waals surface area (Å²) in [5, 5.41) is 2.76. The molecule has 1 N–H and O–H groups in total. The van der Waals surface area contributed by atoms with E-state index in [0.717, 1.165) is 0 Å². The number of amides is 1. The Labute approximate surface area is 118 Å². The zero-order valence-electron chi connectivity index (χ0n) is 12.3. The summed E-state index contributed by atoms with van der Waals surface area (Å²) in [7, 11) is 0. The van der Waals surface area contributed by atoms with Crippen LogP contribution >= 0.6 is 0 Å². The first-order valence-electron chi connectivity index (χ1n) is 6.83. The second-order valence-corrected chi connectivity index (χ2v) is 5.93. The maximum absolute atomic E-state index is 11.8. The Morgan fingerprint density at radius 3 is 2.75 bits per heavy atom. The minimum atomic E-state index is -0.553. The molecule has 0 aromatic rings. The molecule has 6 nitrogen and oxygen atoms in total. The Morgan fingerprint density at radius 1 is 1.45 bits per heavy atom. The first-order chi connectivity index (χ1) is 9.30. The highest BCUT2D eigenvalue weighted by Gasteiger charge is 2.49. The van der Waals surface area contributed by atoms with Crippen LogP contribution in [-0.2, 0) is 19.0 Å². The van der Waals surface area contributed by atoms with Crippen molar-refractivity contribution in [3.8, 4) is 0 Å². The molecule has 1 heterocycles. The molecule has 0 saturated carbocycles. The Balaban J connectivity index is 1.93. The monoisotopic (exact) mass is 283 g/mol. The van der Waals surface area contributed by atoms with Crippen LogP contribution in [0.3, 0.4) is 0 Å². The molecule has 2 aliphatic rings. The van der Waals surface area contributed by atoms with E-state index in [-0.39, 0.29) is 24.2 Å². The maximum atomic E-state index is 11.8. The molecule has 1 aliphatic carbocycles. The van der Waals surface area contributed by atoms with Gasteiger partial charge in [-0.2, -0.15) is 0 Å². The largest absolute Gasteiger partial charge is 0.463 e. The van der Waals surface area contributed by atoms with Crippen molar-refractivity contribution in [2.24, 2.45) is 0 Å². The van der Waals surface area contributed by atoms with E-state index in [1.54, 1.807) is 33.8 Å². The lowest BCUT2D eigenvalue weighted by Crippen LogP contribution is -2.44. The number of carbonyl (C=O) groups excluding carboxylic acids is 2. The van der Waals surface area contributed by atoms with Gasteiger partial charge in [0.15, 0.2) is 0 Å². The Bertz CT molecular complexity index is 437. The minimum absolute atomic E-state index is 0.0688. The van der Waals surface area contributed by atoms with Gasteiger partial charge in [-0.1, -0.05) is 0 Å². The van der Waals surface area contributed by atoms with Gasteiger partial charge in [0.1, 0.15) is 17.8 Å². The maximum Gasteiger partial charge on any atom is 0.407 e. The molecule has 1 fully saturated rings. The van der Waals surface area contributed by atoms with Crippen LogP contribution in [0.15, 0.2) is 11.6 Å². The third-order valence-electron chi connectivity index (χ3n) is 3.00. The molecule has 3 atom stereocenters. The van der Waals surface area contributed by atoms with Gasteiger partial charge in [0, 0.05) is 12.0 Å². The van der Waals surface area contributed by atoms with Crippen molar-refractivity contribution in [2.75, 3.05) is 6.61 Å². The topological polar surface area (TPSA) is 77.2 Å². The number of epoxide rings is 1. The van der Waals surface area contributed by atoms with Gasteiger partial charge in [-0.3, -0.25) is 0 Å². The van der Waals surface area contributed by atoms with E-state index in [1.165, 1.54) is 0 Å². The number of hydrogen-bond donors (Lipinski definition) is 1. The van der Waals surface area contributed by atoms with E-state index in [9.17, 15) is 9.59 Å². The number of fused-ring (bicyclic) bond motifs is 1. The lowest BCUT2D eigenvalue weighted by molar-refractivity contribution is -0.138. The number of hydrogen-bond acceptors (Lipinski definition) is 5. The summed E-state index contributed by atoms with van der Waals surface area (Å²) in [5.74, 6) is -0.350. The lowest BCUT2D eigenvalue weighted by atomic mass is 9.95. The number of alkyl carbamates (subject to hydrolysis) is 1. The Hall–Kier alpha value is -1.56. The number of esters is 1. The second kappa shape index (κ2) is 5.44. The van der Waals surface area contributed by atoms with Crippen molar-refractivity contribution >= 4 is 12.1 Å². The molecule has 0 radical (unpaired) electrons. The minimum Gasteiger partial charge on any atom is -0.463 e. The van der Waals surface area contributed by atoms with Gasteiger partial charge in [-0.25, -0.2) is 9.59 Å².